The molecule has 27 heavy (non-hydrogen) atoms. The second-order valence-corrected chi connectivity index (χ2v) is 6.61. The second-order valence-electron chi connectivity index (χ2n) is 6.61. The van der Waals surface area contributed by atoms with Crippen molar-refractivity contribution in [2.45, 2.75) is 26.7 Å². The number of amides is 1. The summed E-state index contributed by atoms with van der Waals surface area (Å²) in [6.07, 6.45) is 1.31. The van der Waals surface area contributed by atoms with Crippen molar-refractivity contribution in [1.82, 2.24) is 19.9 Å². The van der Waals surface area contributed by atoms with Crippen molar-refractivity contribution in [2.24, 2.45) is 0 Å². The number of piperazine rings is 1. The number of hydrogen-bond donors (Lipinski definition) is 0. The number of benzene rings is 1. The molecule has 146 valence electrons. The summed E-state index contributed by atoms with van der Waals surface area (Å²) in [5.74, 6) is 0.684. The first kappa shape index (κ1) is 19.3. The summed E-state index contributed by atoms with van der Waals surface area (Å²) >= 11 is 0. The first-order valence-electron chi connectivity index (χ1n) is 9.30. The van der Waals surface area contributed by atoms with Crippen LogP contribution in [0.15, 0.2) is 22.7 Å². The number of aryl methyl sites for hydroxylation is 2. The van der Waals surface area contributed by atoms with Crippen LogP contribution in [0.4, 0.5) is 9.18 Å². The molecule has 1 saturated heterocycles. The van der Waals surface area contributed by atoms with Gasteiger partial charge in [-0.2, -0.15) is 4.98 Å². The molecule has 2 heterocycles. The second kappa shape index (κ2) is 8.94. The van der Waals surface area contributed by atoms with Gasteiger partial charge in [0, 0.05) is 38.2 Å². The summed E-state index contributed by atoms with van der Waals surface area (Å²) in [7, 11) is 0. The maximum atomic E-state index is 13.7. The third-order valence-electron chi connectivity index (χ3n) is 4.66. The fraction of sp³-hybridized carbons (Fsp3) is 0.526. The number of rotatable bonds is 6. The van der Waals surface area contributed by atoms with Crippen LogP contribution >= 0.6 is 0 Å². The Morgan fingerprint density at radius 3 is 2.78 bits per heavy atom. The van der Waals surface area contributed by atoms with E-state index in [9.17, 15) is 9.18 Å². The molecule has 0 spiro atoms. The molecule has 7 nitrogen and oxygen atoms in total. The van der Waals surface area contributed by atoms with Crippen LogP contribution in [0.1, 0.15) is 24.8 Å². The topological polar surface area (TPSA) is 71.7 Å². The standard InChI is InChI=1S/C19H25FN4O3/c1-3-26-19(25)24-11-9-23(10-12-24)8-4-5-17-21-18(22-27-17)15-7-6-14(2)16(20)13-15/h6-7,13H,3-5,8-12H2,1-2H3. The van der Waals surface area contributed by atoms with E-state index in [1.165, 1.54) is 6.07 Å². The van der Waals surface area contributed by atoms with Crippen molar-refractivity contribution in [3.8, 4) is 11.4 Å². The van der Waals surface area contributed by atoms with E-state index >= 15 is 0 Å². The zero-order chi connectivity index (χ0) is 19.2. The van der Waals surface area contributed by atoms with Gasteiger partial charge in [0.05, 0.1) is 6.61 Å². The van der Waals surface area contributed by atoms with E-state index < -0.39 is 0 Å². The number of halogens is 1. The molecule has 0 unspecified atom stereocenters. The van der Waals surface area contributed by atoms with E-state index in [1.54, 1.807) is 24.0 Å². The van der Waals surface area contributed by atoms with Gasteiger partial charge in [0.1, 0.15) is 5.82 Å². The third-order valence-corrected chi connectivity index (χ3v) is 4.66. The monoisotopic (exact) mass is 376 g/mol. The van der Waals surface area contributed by atoms with Gasteiger partial charge in [-0.1, -0.05) is 17.3 Å². The van der Waals surface area contributed by atoms with Gasteiger partial charge in [-0.05, 0) is 38.4 Å². The van der Waals surface area contributed by atoms with Crippen LogP contribution in [0.5, 0.6) is 0 Å². The highest BCUT2D eigenvalue weighted by Gasteiger charge is 2.21. The van der Waals surface area contributed by atoms with Crippen LogP contribution in [0.2, 0.25) is 0 Å². The maximum absolute atomic E-state index is 13.7. The Morgan fingerprint density at radius 1 is 1.30 bits per heavy atom. The van der Waals surface area contributed by atoms with E-state index in [0.29, 0.717) is 49.0 Å². The molecule has 0 saturated carbocycles. The zero-order valence-corrected chi connectivity index (χ0v) is 15.8. The summed E-state index contributed by atoms with van der Waals surface area (Å²) in [4.78, 5) is 20.1. The van der Waals surface area contributed by atoms with Crippen molar-refractivity contribution in [3.05, 3.63) is 35.5 Å². The van der Waals surface area contributed by atoms with Crippen molar-refractivity contribution in [1.29, 1.82) is 0 Å². The Kier molecular flexibility index (Phi) is 6.39. The van der Waals surface area contributed by atoms with Gasteiger partial charge in [-0.3, -0.25) is 4.90 Å². The van der Waals surface area contributed by atoms with E-state index in [0.717, 1.165) is 26.1 Å². The zero-order valence-electron chi connectivity index (χ0n) is 15.8. The van der Waals surface area contributed by atoms with Crippen molar-refractivity contribution < 1.29 is 18.4 Å². The fourth-order valence-electron chi connectivity index (χ4n) is 3.03. The van der Waals surface area contributed by atoms with Gasteiger partial charge in [0.15, 0.2) is 0 Å². The summed E-state index contributed by atoms with van der Waals surface area (Å²) in [5, 5.41) is 3.95. The van der Waals surface area contributed by atoms with Crippen molar-refractivity contribution in [2.75, 3.05) is 39.3 Å². The number of hydrogen-bond acceptors (Lipinski definition) is 6. The van der Waals surface area contributed by atoms with Crippen LogP contribution in [-0.4, -0.2) is 65.4 Å². The summed E-state index contributed by atoms with van der Waals surface area (Å²) < 4.78 is 24.0. The summed E-state index contributed by atoms with van der Waals surface area (Å²) in [6, 6.07) is 4.92. The fourth-order valence-corrected chi connectivity index (χ4v) is 3.03. The molecule has 0 aliphatic carbocycles. The molecule has 3 rings (SSSR count). The summed E-state index contributed by atoms with van der Waals surface area (Å²) in [6.45, 7) is 7.85. The molecule has 1 aromatic heterocycles. The smallest absolute Gasteiger partial charge is 0.409 e. The lowest BCUT2D eigenvalue weighted by Crippen LogP contribution is -2.49. The Balaban J connectivity index is 1.43. The van der Waals surface area contributed by atoms with Crippen LogP contribution in [-0.2, 0) is 11.2 Å². The minimum atomic E-state index is -0.277. The van der Waals surface area contributed by atoms with Gasteiger partial charge < -0.3 is 14.2 Å². The Hall–Kier alpha value is -2.48. The van der Waals surface area contributed by atoms with Crippen molar-refractivity contribution >= 4 is 6.09 Å². The molecule has 1 fully saturated rings. The van der Waals surface area contributed by atoms with E-state index in [2.05, 4.69) is 15.0 Å². The van der Waals surface area contributed by atoms with Crippen molar-refractivity contribution in [3.63, 3.8) is 0 Å². The Bertz CT molecular complexity index is 772. The average Bonchev–Trinajstić information content (AvgIpc) is 3.14. The molecule has 1 aliphatic heterocycles. The predicted octanol–water partition coefficient (Wildman–Crippen LogP) is 2.89. The highest BCUT2D eigenvalue weighted by molar-refractivity contribution is 5.67. The van der Waals surface area contributed by atoms with Crippen LogP contribution in [0, 0.1) is 12.7 Å². The lowest BCUT2D eigenvalue weighted by Gasteiger charge is -2.33. The van der Waals surface area contributed by atoms with Gasteiger partial charge >= 0.3 is 6.09 Å². The molecular weight excluding hydrogens is 351 g/mol. The van der Waals surface area contributed by atoms with Crippen LogP contribution in [0.3, 0.4) is 0 Å². The van der Waals surface area contributed by atoms with E-state index in [-0.39, 0.29) is 11.9 Å². The summed E-state index contributed by atoms with van der Waals surface area (Å²) in [5.41, 5.74) is 1.20. The van der Waals surface area contributed by atoms with Crippen LogP contribution < -0.4 is 0 Å². The van der Waals surface area contributed by atoms with Gasteiger partial charge in [0.2, 0.25) is 11.7 Å². The average molecular weight is 376 g/mol. The third kappa shape index (κ3) is 5.03. The molecule has 1 amide bonds. The maximum Gasteiger partial charge on any atom is 0.409 e. The van der Waals surface area contributed by atoms with Gasteiger partial charge in [0.25, 0.3) is 0 Å². The largest absolute Gasteiger partial charge is 0.450 e. The number of carbonyl (C=O) groups excluding carboxylic acids is 1. The Labute approximate surface area is 158 Å². The normalized spacial score (nSPS) is 15.1. The molecule has 0 bridgehead atoms. The lowest BCUT2D eigenvalue weighted by molar-refractivity contribution is 0.0793. The van der Waals surface area contributed by atoms with E-state index in [1.807, 2.05) is 6.92 Å². The first-order chi connectivity index (χ1) is 13.1. The van der Waals surface area contributed by atoms with E-state index in [4.69, 9.17) is 9.26 Å². The number of aromatic nitrogens is 2. The minimum absolute atomic E-state index is 0.233. The molecule has 0 radical (unpaired) electrons. The highest BCUT2D eigenvalue weighted by atomic mass is 19.1. The number of nitrogens with zero attached hydrogens (tertiary/aromatic N) is 4. The molecule has 0 N–H and O–H groups in total. The Morgan fingerprint density at radius 2 is 2.07 bits per heavy atom. The molecule has 0 atom stereocenters. The molecule has 2 aromatic rings. The molecule has 8 heteroatoms. The molecular formula is C19H25FN4O3. The van der Waals surface area contributed by atoms with Crippen LogP contribution in [0.25, 0.3) is 11.4 Å². The molecule has 1 aliphatic rings. The van der Waals surface area contributed by atoms with Gasteiger partial charge in [-0.25, -0.2) is 9.18 Å². The lowest BCUT2D eigenvalue weighted by atomic mass is 10.1. The number of carbonyl (C=O) groups is 1. The highest BCUT2D eigenvalue weighted by Crippen LogP contribution is 2.19. The minimum Gasteiger partial charge on any atom is -0.450 e. The predicted molar refractivity (Wildman–Crippen MR) is 97.8 cm³/mol. The SMILES string of the molecule is CCOC(=O)N1CCN(CCCc2nc(-c3ccc(C)c(F)c3)no2)CC1. The van der Waals surface area contributed by atoms with Gasteiger partial charge in [-0.15, -0.1) is 0 Å². The first-order valence-corrected chi connectivity index (χ1v) is 9.30. The number of ether oxygens (including phenoxy) is 1. The molecule has 1 aromatic carbocycles. The quantitative estimate of drug-likeness (QED) is 0.772.